The first-order chi connectivity index (χ1) is 38.8. The average molecular weight is 1140 g/mol. The van der Waals surface area contributed by atoms with Gasteiger partial charge in [-0.25, -0.2) is 0 Å². The van der Waals surface area contributed by atoms with Gasteiger partial charge in [0.2, 0.25) is 5.91 Å². The van der Waals surface area contributed by atoms with Crippen molar-refractivity contribution in [2.45, 2.75) is 291 Å². The second-order valence-electron chi connectivity index (χ2n) is 21.8. The highest BCUT2D eigenvalue weighted by atomic mass is 16.8. The first-order valence-electron chi connectivity index (χ1n) is 30.5. The number of carbonyl (C=O) groups is 1. The van der Waals surface area contributed by atoms with Crippen molar-refractivity contribution in [3.05, 3.63) is 60.8 Å². The molecule has 12 N–H and O–H groups in total. The van der Waals surface area contributed by atoms with Crippen molar-refractivity contribution in [1.29, 1.82) is 0 Å². The van der Waals surface area contributed by atoms with Crippen molar-refractivity contribution in [2.24, 2.45) is 0 Å². The van der Waals surface area contributed by atoms with Gasteiger partial charge in [-0.1, -0.05) is 171 Å². The molecule has 3 aliphatic heterocycles. The Kier molecular flexibility index (Phi) is 39.5. The van der Waals surface area contributed by atoms with E-state index in [0.717, 1.165) is 77.0 Å². The summed E-state index contributed by atoms with van der Waals surface area (Å²) in [5.74, 6) is -0.307. The molecule has 3 aliphatic rings. The van der Waals surface area contributed by atoms with Crippen molar-refractivity contribution in [1.82, 2.24) is 5.32 Å². The molecule has 0 bridgehead atoms. The summed E-state index contributed by atoms with van der Waals surface area (Å²) >= 11 is 0. The molecular weight excluding hydrogens is 1030 g/mol. The molecule has 3 rings (SSSR count). The first-order valence-corrected chi connectivity index (χ1v) is 30.5. The predicted molar refractivity (Wildman–Crippen MR) is 305 cm³/mol. The highest BCUT2D eigenvalue weighted by Crippen LogP contribution is 2.33. The molecule has 0 aromatic carbocycles. The fourth-order valence-electron chi connectivity index (χ4n) is 9.96. The van der Waals surface area contributed by atoms with Gasteiger partial charge in [0.05, 0.1) is 38.6 Å². The Morgan fingerprint density at radius 3 is 1.38 bits per heavy atom. The van der Waals surface area contributed by atoms with Crippen molar-refractivity contribution in [3.63, 3.8) is 0 Å². The van der Waals surface area contributed by atoms with Gasteiger partial charge in [0.25, 0.3) is 0 Å². The average Bonchev–Trinajstić information content (AvgIpc) is 3.46. The van der Waals surface area contributed by atoms with Crippen LogP contribution in [-0.4, -0.2) is 193 Å². The van der Waals surface area contributed by atoms with Crippen molar-refractivity contribution < 1.29 is 89.4 Å². The van der Waals surface area contributed by atoms with Gasteiger partial charge in [0.15, 0.2) is 18.9 Å². The van der Waals surface area contributed by atoms with E-state index in [2.05, 4.69) is 67.8 Å². The maximum absolute atomic E-state index is 13.3. The number of carbonyl (C=O) groups excluding carboxylic acids is 1. The number of amides is 1. The summed E-state index contributed by atoms with van der Waals surface area (Å²) in [5, 5.41) is 120. The van der Waals surface area contributed by atoms with Gasteiger partial charge in [-0.05, 0) is 70.6 Å². The van der Waals surface area contributed by atoms with Gasteiger partial charge in [-0.3, -0.25) is 4.79 Å². The zero-order valence-corrected chi connectivity index (χ0v) is 48.3. The molecule has 3 fully saturated rings. The van der Waals surface area contributed by atoms with E-state index in [1.54, 1.807) is 6.08 Å². The number of hydrogen-bond acceptors (Lipinski definition) is 18. The number of rotatable bonds is 44. The molecule has 3 saturated heterocycles. The summed E-state index contributed by atoms with van der Waals surface area (Å²) in [6.07, 6.45) is 23.5. The van der Waals surface area contributed by atoms with Crippen LogP contribution >= 0.6 is 0 Å². The van der Waals surface area contributed by atoms with E-state index in [4.69, 9.17) is 28.4 Å². The minimum atomic E-state index is -1.98. The van der Waals surface area contributed by atoms with E-state index >= 15 is 0 Å². The molecule has 0 aromatic heterocycles. The summed E-state index contributed by atoms with van der Waals surface area (Å²) in [6, 6.07) is -1.00. The molecule has 19 nitrogen and oxygen atoms in total. The molecule has 1 amide bonds. The highest BCUT2D eigenvalue weighted by molar-refractivity contribution is 5.76. The molecule has 17 unspecified atom stereocenters. The van der Waals surface area contributed by atoms with Crippen molar-refractivity contribution in [2.75, 3.05) is 26.4 Å². The molecule has 0 radical (unpaired) electrons. The lowest BCUT2D eigenvalue weighted by molar-refractivity contribution is -0.379. The molecule has 17 atom stereocenters. The summed E-state index contributed by atoms with van der Waals surface area (Å²) < 4.78 is 34.2. The first kappa shape index (κ1) is 71.8. The normalized spacial score (nSPS) is 30.4. The molecule has 0 aliphatic carbocycles. The van der Waals surface area contributed by atoms with Crippen LogP contribution in [0.25, 0.3) is 0 Å². The number of allylic oxidation sites excluding steroid dienone is 9. The van der Waals surface area contributed by atoms with Crippen molar-refractivity contribution in [3.8, 4) is 0 Å². The molecule has 0 spiro atoms. The second kappa shape index (κ2) is 44.0. The number of aliphatic hydroxyl groups is 11. The van der Waals surface area contributed by atoms with E-state index in [-0.39, 0.29) is 18.9 Å². The van der Waals surface area contributed by atoms with E-state index in [1.807, 2.05) is 6.08 Å². The minimum absolute atomic E-state index is 0.213. The van der Waals surface area contributed by atoms with Crippen LogP contribution < -0.4 is 5.32 Å². The van der Waals surface area contributed by atoms with Gasteiger partial charge >= 0.3 is 0 Å². The van der Waals surface area contributed by atoms with E-state index in [9.17, 15) is 61.0 Å². The molecule has 3 heterocycles. The van der Waals surface area contributed by atoms with Crippen LogP contribution in [0.15, 0.2) is 60.8 Å². The van der Waals surface area contributed by atoms with Gasteiger partial charge in [-0.2, -0.15) is 0 Å². The fraction of sp³-hybridized carbons (Fsp3) is 0.820. The lowest BCUT2D eigenvalue weighted by atomic mass is 9.96. The van der Waals surface area contributed by atoms with E-state index in [0.29, 0.717) is 12.8 Å². The maximum atomic E-state index is 13.3. The number of unbranched alkanes of at least 4 members (excludes halogenated alkanes) is 20. The summed E-state index contributed by atoms with van der Waals surface area (Å²) in [4.78, 5) is 13.3. The SMILES string of the molecule is CCC/C=C\C/C=C\CCCCCCCC(=O)NC(COC1OC(CO)C(OC2OC(CO)C(OC3OC(CO)C(O)C(O)C3O)C(O)C2O)C(O)C1O)C(O)/C=C/CC/C=C/CC/C=C/CCCCCCCCCCCCCC. The number of aliphatic hydroxyl groups excluding tert-OH is 11. The second-order valence-corrected chi connectivity index (χ2v) is 21.8. The molecule has 464 valence electrons. The Morgan fingerprint density at radius 2 is 0.863 bits per heavy atom. The van der Waals surface area contributed by atoms with E-state index < -0.39 is 124 Å². The smallest absolute Gasteiger partial charge is 0.220 e. The van der Waals surface area contributed by atoms with Crippen LogP contribution in [0.4, 0.5) is 0 Å². The Labute approximate surface area is 477 Å². The summed E-state index contributed by atoms with van der Waals surface area (Å²) in [5.41, 5.74) is 0. The third kappa shape index (κ3) is 27.5. The Morgan fingerprint density at radius 1 is 0.450 bits per heavy atom. The summed E-state index contributed by atoms with van der Waals surface area (Å²) in [7, 11) is 0. The third-order valence-corrected chi connectivity index (χ3v) is 15.0. The standard InChI is InChI=1S/C61H107NO18/c1-3-5-7-9-11-13-15-17-18-19-20-21-22-23-24-25-27-28-30-32-34-36-38-45(66)44(62-49(67)39-37-35-33-31-29-26-16-14-12-10-8-6-4-2)43-75-59-55(73)52(70)57(47(41-64)77-59)80-61-56(74)53(71)58(48(42-65)78-61)79-60-54(72)51(69)50(68)46(40-63)76-60/h8,10,14,16,23-24,28,30,36,38,44-48,50-61,63-66,68-74H,3-7,9,11-13,15,17-22,25-27,29,31-35,37,39-43H2,1-2H3,(H,62,67)/b10-8-,16-14-,24-23+,30-28+,38-36+. The third-order valence-electron chi connectivity index (χ3n) is 15.0. The maximum Gasteiger partial charge on any atom is 0.220 e. The van der Waals surface area contributed by atoms with Crippen LogP contribution in [-0.2, 0) is 33.2 Å². The Hall–Kier alpha value is -2.51. The molecule has 19 heteroatoms. The zero-order chi connectivity index (χ0) is 58.3. The number of nitrogens with one attached hydrogen (secondary N) is 1. The van der Waals surface area contributed by atoms with Gasteiger partial charge in [0, 0.05) is 6.42 Å². The predicted octanol–water partition coefficient (Wildman–Crippen LogP) is 5.65. The quantitative estimate of drug-likeness (QED) is 0.0259. The lowest BCUT2D eigenvalue weighted by Crippen LogP contribution is -2.66. The van der Waals surface area contributed by atoms with E-state index in [1.165, 1.54) is 77.0 Å². The van der Waals surface area contributed by atoms with Crippen LogP contribution in [0, 0.1) is 0 Å². The fourth-order valence-corrected chi connectivity index (χ4v) is 9.96. The Balaban J connectivity index is 1.51. The number of hydrogen-bond donors (Lipinski definition) is 12. The minimum Gasteiger partial charge on any atom is -0.394 e. The molecule has 80 heavy (non-hydrogen) atoms. The topological polar surface area (TPSA) is 307 Å². The van der Waals surface area contributed by atoms with Crippen LogP contribution in [0.1, 0.15) is 187 Å². The van der Waals surface area contributed by atoms with Gasteiger partial charge < -0.3 is 89.9 Å². The van der Waals surface area contributed by atoms with Crippen molar-refractivity contribution >= 4 is 5.91 Å². The monoisotopic (exact) mass is 1140 g/mol. The van der Waals surface area contributed by atoms with Crippen LogP contribution in [0.5, 0.6) is 0 Å². The largest absolute Gasteiger partial charge is 0.394 e. The van der Waals surface area contributed by atoms with Crippen LogP contribution in [0.2, 0.25) is 0 Å². The highest BCUT2D eigenvalue weighted by Gasteiger charge is 2.53. The number of ether oxygens (including phenoxy) is 6. The van der Waals surface area contributed by atoms with Gasteiger partial charge in [-0.15, -0.1) is 0 Å². The molecule has 0 aromatic rings. The molecule has 0 saturated carbocycles. The lowest BCUT2D eigenvalue weighted by Gasteiger charge is -2.48. The molecular formula is C61H107NO18. The van der Waals surface area contributed by atoms with Crippen LogP contribution in [0.3, 0.4) is 0 Å². The zero-order valence-electron chi connectivity index (χ0n) is 48.3. The summed E-state index contributed by atoms with van der Waals surface area (Å²) in [6.45, 7) is 1.60. The van der Waals surface area contributed by atoms with Gasteiger partial charge in [0.1, 0.15) is 73.2 Å². The Bertz CT molecular complexity index is 1700.